The molecule has 4 nitrogen and oxygen atoms in total. The molecular formula is C10H10BF2NO3. The summed E-state index contributed by atoms with van der Waals surface area (Å²) < 4.78 is 26.9. The van der Waals surface area contributed by atoms with Gasteiger partial charge in [-0.25, -0.2) is 8.78 Å². The first-order valence-electron chi connectivity index (χ1n) is 5.15. The van der Waals surface area contributed by atoms with Crippen molar-refractivity contribution in [3.05, 3.63) is 29.3 Å². The van der Waals surface area contributed by atoms with Gasteiger partial charge in [-0.3, -0.25) is 4.79 Å². The van der Waals surface area contributed by atoms with Gasteiger partial charge in [-0.1, -0.05) is 0 Å². The fraction of sp³-hybridized carbons (Fsp3) is 0.300. The molecule has 0 aliphatic heterocycles. The Hall–Kier alpha value is -1.47. The quantitative estimate of drug-likeness (QED) is 0.627. The first kappa shape index (κ1) is 12.0. The third kappa shape index (κ3) is 2.62. The average molecular weight is 241 g/mol. The van der Waals surface area contributed by atoms with Gasteiger partial charge in [-0.2, -0.15) is 0 Å². The molecule has 17 heavy (non-hydrogen) atoms. The maximum absolute atomic E-state index is 13.5. The third-order valence-electron chi connectivity index (χ3n) is 2.50. The molecule has 0 bridgehead atoms. The Labute approximate surface area is 96.4 Å². The zero-order valence-corrected chi connectivity index (χ0v) is 8.78. The molecule has 0 radical (unpaired) electrons. The highest BCUT2D eigenvalue weighted by Gasteiger charge is 2.28. The fourth-order valence-electron chi connectivity index (χ4n) is 1.44. The number of rotatable bonds is 3. The summed E-state index contributed by atoms with van der Waals surface area (Å²) in [7, 11) is -1.97. The normalized spacial score (nSPS) is 14.6. The minimum atomic E-state index is -1.97. The molecule has 1 saturated carbocycles. The SMILES string of the molecule is O=C(NC1CC1)c1c(F)cc(B(O)O)cc1F. The van der Waals surface area contributed by atoms with Crippen LogP contribution in [0.3, 0.4) is 0 Å². The van der Waals surface area contributed by atoms with Crippen LogP contribution in [0.4, 0.5) is 8.78 Å². The molecule has 0 heterocycles. The molecule has 0 aromatic heterocycles. The van der Waals surface area contributed by atoms with Crippen LogP contribution in [0.15, 0.2) is 12.1 Å². The zero-order valence-electron chi connectivity index (χ0n) is 8.78. The lowest BCUT2D eigenvalue weighted by Crippen LogP contribution is -2.33. The van der Waals surface area contributed by atoms with Crippen molar-refractivity contribution in [2.75, 3.05) is 0 Å². The van der Waals surface area contributed by atoms with Crippen molar-refractivity contribution < 1.29 is 23.6 Å². The van der Waals surface area contributed by atoms with Crippen LogP contribution in [-0.2, 0) is 0 Å². The number of amides is 1. The van der Waals surface area contributed by atoms with E-state index in [2.05, 4.69) is 5.32 Å². The molecule has 0 atom stereocenters. The molecule has 1 aliphatic rings. The van der Waals surface area contributed by atoms with Gasteiger partial charge in [0.15, 0.2) is 0 Å². The van der Waals surface area contributed by atoms with Gasteiger partial charge in [0.2, 0.25) is 0 Å². The van der Waals surface area contributed by atoms with Crippen molar-refractivity contribution in [2.45, 2.75) is 18.9 Å². The lowest BCUT2D eigenvalue weighted by atomic mass is 9.79. The third-order valence-corrected chi connectivity index (χ3v) is 2.50. The molecule has 1 fully saturated rings. The highest BCUT2D eigenvalue weighted by molar-refractivity contribution is 6.58. The van der Waals surface area contributed by atoms with Gasteiger partial charge >= 0.3 is 7.12 Å². The number of carbonyl (C=O) groups is 1. The van der Waals surface area contributed by atoms with E-state index < -0.39 is 30.2 Å². The van der Waals surface area contributed by atoms with E-state index in [9.17, 15) is 13.6 Å². The van der Waals surface area contributed by atoms with Crippen LogP contribution in [0, 0.1) is 11.6 Å². The summed E-state index contributed by atoms with van der Waals surface area (Å²) in [4.78, 5) is 11.5. The summed E-state index contributed by atoms with van der Waals surface area (Å²) >= 11 is 0. The van der Waals surface area contributed by atoms with Crippen molar-refractivity contribution >= 4 is 18.5 Å². The topological polar surface area (TPSA) is 69.6 Å². The van der Waals surface area contributed by atoms with Gasteiger partial charge in [-0.05, 0) is 30.4 Å². The number of benzene rings is 1. The Morgan fingerprint density at radius 3 is 2.24 bits per heavy atom. The van der Waals surface area contributed by atoms with Gasteiger partial charge in [-0.15, -0.1) is 0 Å². The molecular weight excluding hydrogens is 231 g/mol. The number of hydrogen-bond acceptors (Lipinski definition) is 3. The van der Waals surface area contributed by atoms with Crippen LogP contribution in [-0.4, -0.2) is 29.1 Å². The molecule has 1 aromatic carbocycles. The largest absolute Gasteiger partial charge is 0.488 e. The van der Waals surface area contributed by atoms with E-state index in [1.165, 1.54) is 0 Å². The Kier molecular flexibility index (Phi) is 3.12. The van der Waals surface area contributed by atoms with Crippen molar-refractivity contribution in [2.24, 2.45) is 0 Å². The highest BCUT2D eigenvalue weighted by Crippen LogP contribution is 2.20. The maximum Gasteiger partial charge on any atom is 0.488 e. The molecule has 3 N–H and O–H groups in total. The predicted molar refractivity (Wildman–Crippen MR) is 56.7 cm³/mol. The van der Waals surface area contributed by atoms with Crippen LogP contribution in [0.5, 0.6) is 0 Å². The molecule has 90 valence electrons. The van der Waals surface area contributed by atoms with E-state index in [4.69, 9.17) is 10.0 Å². The van der Waals surface area contributed by atoms with E-state index in [1.54, 1.807) is 0 Å². The van der Waals surface area contributed by atoms with Crippen LogP contribution in [0.1, 0.15) is 23.2 Å². The first-order valence-corrected chi connectivity index (χ1v) is 5.15. The van der Waals surface area contributed by atoms with E-state index in [0.29, 0.717) is 0 Å². The summed E-state index contributed by atoms with van der Waals surface area (Å²) in [6.45, 7) is 0. The molecule has 1 aromatic rings. The fourth-order valence-corrected chi connectivity index (χ4v) is 1.44. The summed E-state index contributed by atoms with van der Waals surface area (Å²) in [6.07, 6.45) is 1.62. The van der Waals surface area contributed by atoms with Crippen molar-refractivity contribution in [1.82, 2.24) is 5.32 Å². The summed E-state index contributed by atoms with van der Waals surface area (Å²) in [5.74, 6) is -3.03. The monoisotopic (exact) mass is 241 g/mol. The second-order valence-electron chi connectivity index (χ2n) is 3.98. The second-order valence-corrected chi connectivity index (χ2v) is 3.98. The molecule has 0 saturated heterocycles. The van der Waals surface area contributed by atoms with Crippen LogP contribution < -0.4 is 10.8 Å². The Bertz CT molecular complexity index is 440. The van der Waals surface area contributed by atoms with E-state index in [0.717, 1.165) is 25.0 Å². The van der Waals surface area contributed by atoms with Gasteiger partial charge < -0.3 is 15.4 Å². The predicted octanol–water partition coefficient (Wildman–Crippen LogP) is -0.463. The Balaban J connectivity index is 2.30. The Morgan fingerprint density at radius 2 is 1.82 bits per heavy atom. The minimum absolute atomic E-state index is 0.00981. The van der Waals surface area contributed by atoms with Gasteiger partial charge in [0.05, 0.1) is 0 Å². The summed E-state index contributed by atoms with van der Waals surface area (Å²) in [6, 6.07) is 1.45. The van der Waals surface area contributed by atoms with E-state index >= 15 is 0 Å². The van der Waals surface area contributed by atoms with Gasteiger partial charge in [0, 0.05) is 6.04 Å². The van der Waals surface area contributed by atoms with Crippen LogP contribution >= 0.6 is 0 Å². The first-order chi connectivity index (χ1) is 7.99. The molecule has 1 aliphatic carbocycles. The van der Waals surface area contributed by atoms with E-state index in [1.807, 2.05) is 0 Å². The minimum Gasteiger partial charge on any atom is -0.423 e. The average Bonchev–Trinajstić information content (AvgIpc) is 3.00. The zero-order chi connectivity index (χ0) is 12.6. The van der Waals surface area contributed by atoms with Crippen molar-refractivity contribution in [3.63, 3.8) is 0 Å². The summed E-state index contributed by atoms with van der Waals surface area (Å²) in [5.41, 5.74) is -1.02. The maximum atomic E-state index is 13.5. The lowest BCUT2D eigenvalue weighted by Gasteiger charge is -2.08. The molecule has 1 amide bonds. The number of hydrogen-bond donors (Lipinski definition) is 3. The smallest absolute Gasteiger partial charge is 0.423 e. The molecule has 2 rings (SSSR count). The van der Waals surface area contributed by atoms with E-state index in [-0.39, 0.29) is 11.5 Å². The highest BCUT2D eigenvalue weighted by atomic mass is 19.1. The van der Waals surface area contributed by atoms with Crippen LogP contribution in [0.2, 0.25) is 0 Å². The summed E-state index contributed by atoms with van der Waals surface area (Å²) in [5, 5.41) is 20.0. The molecule has 0 spiro atoms. The number of carbonyl (C=O) groups excluding carboxylic acids is 1. The number of nitrogens with one attached hydrogen (secondary N) is 1. The molecule has 0 unspecified atom stereocenters. The van der Waals surface area contributed by atoms with Gasteiger partial charge in [0.1, 0.15) is 17.2 Å². The van der Waals surface area contributed by atoms with Crippen LogP contribution in [0.25, 0.3) is 0 Å². The number of halogens is 2. The van der Waals surface area contributed by atoms with Crippen molar-refractivity contribution in [3.8, 4) is 0 Å². The van der Waals surface area contributed by atoms with Crippen molar-refractivity contribution in [1.29, 1.82) is 0 Å². The lowest BCUT2D eigenvalue weighted by molar-refractivity contribution is 0.0942. The molecule has 7 heteroatoms. The van der Waals surface area contributed by atoms with Gasteiger partial charge in [0.25, 0.3) is 5.91 Å². The standard InChI is InChI=1S/C10H10BF2NO3/c12-7-3-5(11(16)17)4-8(13)9(7)10(15)14-6-1-2-6/h3-4,6,16-17H,1-2H2,(H,14,15). The Morgan fingerprint density at radius 1 is 1.29 bits per heavy atom. The second kappa shape index (κ2) is 4.42.